The molecular formula is C17H25N3O5S. The van der Waals surface area contributed by atoms with Crippen LogP contribution in [0.15, 0.2) is 17.2 Å². The number of likely N-dealkylation sites (tertiary alicyclic amines) is 1. The second kappa shape index (κ2) is 7.03. The van der Waals surface area contributed by atoms with Crippen LogP contribution < -0.4 is 0 Å². The third kappa shape index (κ3) is 3.37. The second-order valence-electron chi connectivity index (χ2n) is 7.28. The van der Waals surface area contributed by atoms with E-state index in [9.17, 15) is 23.1 Å². The van der Waals surface area contributed by atoms with E-state index in [1.54, 1.807) is 7.05 Å². The van der Waals surface area contributed by atoms with Crippen molar-refractivity contribution in [1.29, 1.82) is 0 Å². The van der Waals surface area contributed by atoms with E-state index in [0.29, 0.717) is 38.4 Å². The Hall–Kier alpha value is -1.87. The van der Waals surface area contributed by atoms with E-state index in [4.69, 9.17) is 0 Å². The van der Waals surface area contributed by atoms with E-state index in [2.05, 4.69) is 0 Å². The van der Waals surface area contributed by atoms with Crippen LogP contribution in [0.5, 0.6) is 0 Å². The molecule has 2 atom stereocenters. The van der Waals surface area contributed by atoms with Crippen molar-refractivity contribution < 1.29 is 23.1 Å². The van der Waals surface area contributed by atoms with Crippen LogP contribution in [0.1, 0.15) is 43.1 Å². The van der Waals surface area contributed by atoms with Gasteiger partial charge in [-0.1, -0.05) is 6.92 Å². The van der Waals surface area contributed by atoms with Gasteiger partial charge in [-0.2, -0.15) is 4.31 Å². The van der Waals surface area contributed by atoms with Gasteiger partial charge in [-0.3, -0.25) is 4.79 Å². The number of sulfonamides is 1. The second-order valence-corrected chi connectivity index (χ2v) is 9.22. The smallest absolute Gasteiger partial charge is 0.326 e. The molecule has 2 aliphatic rings. The minimum Gasteiger partial charge on any atom is -0.480 e. The van der Waals surface area contributed by atoms with Gasteiger partial charge in [0, 0.05) is 32.9 Å². The minimum absolute atomic E-state index is 0.0866. The van der Waals surface area contributed by atoms with Crippen LogP contribution in [-0.2, 0) is 21.9 Å². The Morgan fingerprint density at radius 2 is 1.88 bits per heavy atom. The summed E-state index contributed by atoms with van der Waals surface area (Å²) in [6.45, 7) is 3.36. The summed E-state index contributed by atoms with van der Waals surface area (Å²) in [5.41, 5.74) is 0.196. The lowest BCUT2D eigenvalue weighted by Gasteiger charge is -2.29. The van der Waals surface area contributed by atoms with Gasteiger partial charge in [-0.15, -0.1) is 0 Å². The Morgan fingerprint density at radius 1 is 1.19 bits per heavy atom. The molecule has 8 nitrogen and oxygen atoms in total. The van der Waals surface area contributed by atoms with Crippen LogP contribution >= 0.6 is 0 Å². The fourth-order valence-corrected chi connectivity index (χ4v) is 5.49. The quantitative estimate of drug-likeness (QED) is 0.840. The maximum absolute atomic E-state index is 12.9. The fraction of sp³-hybridized carbons (Fsp3) is 0.647. The number of nitrogens with zero attached hydrogens (tertiary/aromatic N) is 3. The molecule has 9 heteroatoms. The Kier molecular flexibility index (Phi) is 5.12. The minimum atomic E-state index is -3.66. The number of amides is 1. The highest BCUT2D eigenvalue weighted by Gasteiger charge is 2.36. The Morgan fingerprint density at radius 3 is 2.54 bits per heavy atom. The summed E-state index contributed by atoms with van der Waals surface area (Å²) in [4.78, 5) is 25.5. The first kappa shape index (κ1) is 18.9. The molecular weight excluding hydrogens is 358 g/mol. The maximum Gasteiger partial charge on any atom is 0.326 e. The van der Waals surface area contributed by atoms with Gasteiger partial charge < -0.3 is 14.6 Å². The van der Waals surface area contributed by atoms with Gasteiger partial charge >= 0.3 is 5.97 Å². The van der Waals surface area contributed by atoms with Crippen LogP contribution in [0.3, 0.4) is 0 Å². The molecule has 1 aromatic rings. The fourth-order valence-electron chi connectivity index (χ4n) is 3.82. The standard InChI is InChI=1S/C17H25N3O5S/c1-12-5-3-7-19(10-12)26(24,25)13-9-15(18(2)11-13)16(21)20-8-4-6-14(20)17(22)23/h9,11-12,14H,3-8,10H2,1-2H3,(H,22,23). The molecule has 3 heterocycles. The van der Waals surface area contributed by atoms with E-state index in [-0.39, 0.29) is 10.6 Å². The topological polar surface area (TPSA) is 99.9 Å². The Balaban J connectivity index is 1.87. The van der Waals surface area contributed by atoms with Crippen LogP contribution in [0.2, 0.25) is 0 Å². The van der Waals surface area contributed by atoms with Gasteiger partial charge in [-0.05, 0) is 37.7 Å². The van der Waals surface area contributed by atoms with E-state index >= 15 is 0 Å². The first-order valence-corrected chi connectivity index (χ1v) is 10.4. The summed E-state index contributed by atoms with van der Waals surface area (Å²) in [6, 6.07) is 0.522. The van der Waals surface area contributed by atoms with Crippen LogP contribution in [-0.4, -0.2) is 64.8 Å². The van der Waals surface area contributed by atoms with Crippen LogP contribution in [0.4, 0.5) is 0 Å². The highest BCUT2D eigenvalue weighted by Crippen LogP contribution is 2.26. The predicted octanol–water partition coefficient (Wildman–Crippen LogP) is 1.13. The number of aliphatic carboxylic acids is 1. The molecule has 1 amide bonds. The van der Waals surface area contributed by atoms with Gasteiger partial charge in [0.15, 0.2) is 0 Å². The van der Waals surface area contributed by atoms with Crippen LogP contribution in [0.25, 0.3) is 0 Å². The van der Waals surface area contributed by atoms with Crippen molar-refractivity contribution in [2.24, 2.45) is 13.0 Å². The van der Waals surface area contributed by atoms with Crippen molar-refractivity contribution in [2.45, 2.75) is 43.5 Å². The zero-order valence-electron chi connectivity index (χ0n) is 15.1. The molecule has 144 valence electrons. The van der Waals surface area contributed by atoms with E-state index in [1.807, 2.05) is 6.92 Å². The molecule has 26 heavy (non-hydrogen) atoms. The lowest BCUT2D eigenvalue weighted by Crippen LogP contribution is -2.41. The molecule has 0 aliphatic carbocycles. The SMILES string of the molecule is CC1CCCN(S(=O)(=O)c2cc(C(=O)N3CCCC3C(=O)O)n(C)c2)C1. The molecule has 3 rings (SSSR count). The zero-order chi connectivity index (χ0) is 19.1. The highest BCUT2D eigenvalue weighted by atomic mass is 32.2. The summed E-state index contributed by atoms with van der Waals surface area (Å²) in [6.07, 6.45) is 4.32. The number of hydrogen-bond donors (Lipinski definition) is 1. The Bertz CT molecular complexity index is 816. The van der Waals surface area contributed by atoms with Crippen molar-refractivity contribution in [2.75, 3.05) is 19.6 Å². The van der Waals surface area contributed by atoms with Gasteiger partial charge in [0.25, 0.3) is 5.91 Å². The number of carbonyl (C=O) groups excluding carboxylic acids is 1. The number of aromatic nitrogens is 1. The monoisotopic (exact) mass is 383 g/mol. The average molecular weight is 383 g/mol. The van der Waals surface area contributed by atoms with E-state index in [1.165, 1.54) is 26.0 Å². The lowest BCUT2D eigenvalue weighted by atomic mass is 10.0. The third-order valence-corrected chi connectivity index (χ3v) is 7.09. The predicted molar refractivity (Wildman–Crippen MR) is 94.3 cm³/mol. The van der Waals surface area contributed by atoms with Crippen molar-refractivity contribution in [3.05, 3.63) is 18.0 Å². The molecule has 0 saturated carbocycles. The molecule has 2 saturated heterocycles. The molecule has 0 aromatic carbocycles. The van der Waals surface area contributed by atoms with Gasteiger partial charge in [0.05, 0.1) is 0 Å². The van der Waals surface area contributed by atoms with Gasteiger partial charge in [0.2, 0.25) is 10.0 Å². The number of carbonyl (C=O) groups is 2. The largest absolute Gasteiger partial charge is 0.480 e. The van der Waals surface area contributed by atoms with Crippen LogP contribution in [0, 0.1) is 5.92 Å². The Labute approximate surface area is 153 Å². The molecule has 2 fully saturated rings. The van der Waals surface area contributed by atoms with E-state index in [0.717, 1.165) is 12.8 Å². The molecule has 0 bridgehead atoms. The molecule has 0 spiro atoms. The highest BCUT2D eigenvalue weighted by molar-refractivity contribution is 7.89. The third-order valence-electron chi connectivity index (χ3n) is 5.26. The summed E-state index contributed by atoms with van der Waals surface area (Å²) in [5, 5.41) is 9.27. The number of carboxylic acids is 1. The number of carboxylic acid groups (broad SMARTS) is 1. The summed E-state index contributed by atoms with van der Waals surface area (Å²) in [7, 11) is -2.05. The maximum atomic E-state index is 12.9. The summed E-state index contributed by atoms with van der Waals surface area (Å²) >= 11 is 0. The number of hydrogen-bond acceptors (Lipinski definition) is 4. The number of aryl methyl sites for hydroxylation is 1. The number of piperidine rings is 1. The van der Waals surface area contributed by atoms with Crippen molar-refractivity contribution in [1.82, 2.24) is 13.8 Å². The zero-order valence-corrected chi connectivity index (χ0v) is 15.9. The lowest BCUT2D eigenvalue weighted by molar-refractivity contribution is -0.141. The summed E-state index contributed by atoms with van der Waals surface area (Å²) < 4.78 is 28.8. The first-order chi connectivity index (χ1) is 12.2. The normalized spacial score (nSPS) is 24.8. The molecule has 1 aromatic heterocycles. The molecule has 2 aliphatic heterocycles. The van der Waals surface area contributed by atoms with Gasteiger partial charge in [0.1, 0.15) is 16.6 Å². The first-order valence-electron chi connectivity index (χ1n) is 8.92. The molecule has 0 radical (unpaired) electrons. The van der Waals surface area contributed by atoms with E-state index < -0.39 is 27.9 Å². The number of rotatable bonds is 4. The summed E-state index contributed by atoms with van der Waals surface area (Å²) in [5.74, 6) is -1.16. The van der Waals surface area contributed by atoms with Crippen molar-refractivity contribution in [3.8, 4) is 0 Å². The molecule has 2 unspecified atom stereocenters. The molecule has 1 N–H and O–H groups in total. The van der Waals surface area contributed by atoms with Crippen molar-refractivity contribution >= 4 is 21.9 Å². The van der Waals surface area contributed by atoms with Crippen molar-refractivity contribution in [3.63, 3.8) is 0 Å². The van der Waals surface area contributed by atoms with Gasteiger partial charge in [-0.25, -0.2) is 13.2 Å². The average Bonchev–Trinajstić information content (AvgIpc) is 3.21.